The molecule has 1 saturated heterocycles. The van der Waals surface area contributed by atoms with Crippen molar-refractivity contribution in [3.8, 4) is 0 Å². The summed E-state index contributed by atoms with van der Waals surface area (Å²) in [6.07, 6.45) is 5.13. The van der Waals surface area contributed by atoms with Crippen LogP contribution in [0, 0.1) is 5.92 Å². The Bertz CT molecular complexity index is 448. The highest BCUT2D eigenvalue weighted by molar-refractivity contribution is 5.92. The Morgan fingerprint density at radius 2 is 1.78 bits per heavy atom. The van der Waals surface area contributed by atoms with Gasteiger partial charge in [0.25, 0.3) is 0 Å². The summed E-state index contributed by atoms with van der Waals surface area (Å²) in [5.74, 6) is -0.164. The highest BCUT2D eigenvalue weighted by Gasteiger charge is 2.11. The lowest BCUT2D eigenvalue weighted by atomic mass is 10.1. The van der Waals surface area contributed by atoms with Crippen molar-refractivity contribution >= 4 is 36.4 Å². The van der Waals surface area contributed by atoms with Crippen LogP contribution in [-0.4, -0.2) is 37.0 Å². The summed E-state index contributed by atoms with van der Waals surface area (Å²) >= 11 is 0. The molecular formula is C17H29Cl2N3O. The number of rotatable bonds is 6. The van der Waals surface area contributed by atoms with Crippen LogP contribution in [0.15, 0.2) is 24.3 Å². The van der Waals surface area contributed by atoms with Gasteiger partial charge in [0.1, 0.15) is 0 Å². The number of hydrogen-bond donors (Lipinski definition) is 2. The molecule has 1 aromatic rings. The molecule has 23 heavy (non-hydrogen) atoms. The molecule has 132 valence electrons. The standard InChI is InChI=1S/C17H27N3O.2ClH/c1-14(13-18)17(21)19-16-7-5-15(6-8-16)9-12-20-10-3-2-4-11-20;;/h5-8,14H,2-4,9-13,18H2,1H3,(H,19,21);2*1H. The summed E-state index contributed by atoms with van der Waals surface area (Å²) in [7, 11) is 0. The first-order chi connectivity index (χ1) is 10.2. The normalized spacial score (nSPS) is 15.9. The molecule has 1 aliphatic heterocycles. The van der Waals surface area contributed by atoms with E-state index in [1.54, 1.807) is 0 Å². The van der Waals surface area contributed by atoms with Crippen molar-refractivity contribution in [2.75, 3.05) is 31.5 Å². The number of carbonyl (C=O) groups excluding carboxylic acids is 1. The molecule has 0 saturated carbocycles. The molecule has 3 N–H and O–H groups in total. The van der Waals surface area contributed by atoms with Crippen LogP contribution in [0.3, 0.4) is 0 Å². The fourth-order valence-electron chi connectivity index (χ4n) is 2.60. The quantitative estimate of drug-likeness (QED) is 0.818. The van der Waals surface area contributed by atoms with E-state index in [0.29, 0.717) is 6.54 Å². The minimum atomic E-state index is -0.149. The number of hydrogen-bond acceptors (Lipinski definition) is 3. The Morgan fingerprint density at radius 3 is 2.35 bits per heavy atom. The molecule has 1 aromatic carbocycles. The van der Waals surface area contributed by atoms with Gasteiger partial charge in [0.05, 0.1) is 0 Å². The summed E-state index contributed by atoms with van der Waals surface area (Å²) in [5, 5.41) is 2.90. The largest absolute Gasteiger partial charge is 0.330 e. The average Bonchev–Trinajstić information content (AvgIpc) is 2.54. The second-order valence-corrected chi connectivity index (χ2v) is 5.98. The van der Waals surface area contributed by atoms with E-state index in [9.17, 15) is 4.79 Å². The minimum Gasteiger partial charge on any atom is -0.330 e. The Hall–Kier alpha value is -0.810. The lowest BCUT2D eigenvalue weighted by Crippen LogP contribution is -2.31. The second-order valence-electron chi connectivity index (χ2n) is 5.98. The van der Waals surface area contributed by atoms with Crippen LogP contribution in [0.5, 0.6) is 0 Å². The first-order valence-electron chi connectivity index (χ1n) is 8.01. The Labute approximate surface area is 152 Å². The topological polar surface area (TPSA) is 58.4 Å². The predicted octanol–water partition coefficient (Wildman–Crippen LogP) is 3.09. The number of nitrogens with zero attached hydrogens (tertiary/aromatic N) is 1. The van der Waals surface area contributed by atoms with Crippen molar-refractivity contribution in [3.05, 3.63) is 29.8 Å². The third-order valence-corrected chi connectivity index (χ3v) is 4.19. The third kappa shape index (κ3) is 7.53. The molecule has 1 atom stereocenters. The van der Waals surface area contributed by atoms with Gasteiger partial charge < -0.3 is 16.0 Å². The van der Waals surface area contributed by atoms with Gasteiger partial charge in [0.2, 0.25) is 5.91 Å². The van der Waals surface area contributed by atoms with Gasteiger partial charge in [0, 0.05) is 24.7 Å². The van der Waals surface area contributed by atoms with Crippen molar-refractivity contribution in [3.63, 3.8) is 0 Å². The monoisotopic (exact) mass is 361 g/mol. The van der Waals surface area contributed by atoms with Gasteiger partial charge in [-0.25, -0.2) is 0 Å². The molecular weight excluding hydrogens is 333 g/mol. The molecule has 1 fully saturated rings. The fourth-order valence-corrected chi connectivity index (χ4v) is 2.60. The highest BCUT2D eigenvalue weighted by Crippen LogP contribution is 2.13. The Kier molecular flexibility index (Phi) is 11.3. The molecule has 0 aromatic heterocycles. The van der Waals surface area contributed by atoms with E-state index in [2.05, 4.69) is 22.3 Å². The zero-order chi connectivity index (χ0) is 15.1. The number of carbonyl (C=O) groups is 1. The van der Waals surface area contributed by atoms with Gasteiger partial charge in [-0.1, -0.05) is 25.5 Å². The Balaban J connectivity index is 0.00000242. The van der Waals surface area contributed by atoms with Crippen LogP contribution in [0.25, 0.3) is 0 Å². The van der Waals surface area contributed by atoms with Crippen LogP contribution < -0.4 is 11.1 Å². The van der Waals surface area contributed by atoms with Crippen molar-refractivity contribution in [1.82, 2.24) is 4.90 Å². The lowest BCUT2D eigenvalue weighted by molar-refractivity contribution is -0.119. The number of nitrogens with one attached hydrogen (secondary N) is 1. The number of anilines is 1. The molecule has 1 aliphatic rings. The number of likely N-dealkylation sites (tertiary alicyclic amines) is 1. The third-order valence-electron chi connectivity index (χ3n) is 4.19. The Morgan fingerprint density at radius 1 is 1.17 bits per heavy atom. The molecule has 1 unspecified atom stereocenters. The second kappa shape index (κ2) is 11.7. The average molecular weight is 362 g/mol. The predicted molar refractivity (Wildman–Crippen MR) is 102 cm³/mol. The zero-order valence-corrected chi connectivity index (χ0v) is 15.4. The molecule has 0 spiro atoms. The van der Waals surface area contributed by atoms with Gasteiger partial charge in [0.15, 0.2) is 0 Å². The van der Waals surface area contributed by atoms with Crippen LogP contribution >= 0.6 is 24.8 Å². The van der Waals surface area contributed by atoms with E-state index in [1.165, 1.54) is 37.9 Å². The van der Waals surface area contributed by atoms with Gasteiger partial charge in [-0.3, -0.25) is 4.79 Å². The zero-order valence-electron chi connectivity index (χ0n) is 13.8. The molecule has 0 radical (unpaired) electrons. The first kappa shape index (κ1) is 22.2. The van der Waals surface area contributed by atoms with E-state index in [-0.39, 0.29) is 36.6 Å². The summed E-state index contributed by atoms with van der Waals surface area (Å²) in [6, 6.07) is 8.17. The SMILES string of the molecule is CC(CN)C(=O)Nc1ccc(CCN2CCCCC2)cc1.Cl.Cl. The molecule has 0 bridgehead atoms. The molecule has 1 heterocycles. The van der Waals surface area contributed by atoms with Crippen LogP contribution in [0.1, 0.15) is 31.7 Å². The smallest absolute Gasteiger partial charge is 0.228 e. The maximum Gasteiger partial charge on any atom is 0.228 e. The van der Waals surface area contributed by atoms with Gasteiger partial charge in [-0.05, 0) is 50.0 Å². The maximum atomic E-state index is 11.8. The summed E-state index contributed by atoms with van der Waals surface area (Å²) < 4.78 is 0. The van der Waals surface area contributed by atoms with E-state index >= 15 is 0 Å². The molecule has 4 nitrogen and oxygen atoms in total. The molecule has 0 aliphatic carbocycles. The number of nitrogens with two attached hydrogens (primary N) is 1. The highest BCUT2D eigenvalue weighted by atomic mass is 35.5. The van der Waals surface area contributed by atoms with E-state index < -0.39 is 0 Å². The van der Waals surface area contributed by atoms with Crippen molar-refractivity contribution in [2.24, 2.45) is 11.7 Å². The van der Waals surface area contributed by atoms with Crippen LogP contribution in [-0.2, 0) is 11.2 Å². The van der Waals surface area contributed by atoms with Gasteiger partial charge in [-0.15, -0.1) is 24.8 Å². The maximum absolute atomic E-state index is 11.8. The summed E-state index contributed by atoms with van der Waals surface area (Å²) in [4.78, 5) is 14.3. The van der Waals surface area contributed by atoms with Crippen molar-refractivity contribution < 1.29 is 4.79 Å². The number of halogens is 2. The number of piperidine rings is 1. The number of benzene rings is 1. The minimum absolute atomic E-state index is 0. The lowest BCUT2D eigenvalue weighted by Gasteiger charge is -2.26. The summed E-state index contributed by atoms with van der Waals surface area (Å²) in [6.45, 7) is 5.83. The van der Waals surface area contributed by atoms with Crippen molar-refractivity contribution in [2.45, 2.75) is 32.6 Å². The first-order valence-corrected chi connectivity index (χ1v) is 8.01. The molecule has 6 heteroatoms. The van der Waals surface area contributed by atoms with Crippen molar-refractivity contribution in [1.29, 1.82) is 0 Å². The fraction of sp³-hybridized carbons (Fsp3) is 0.588. The van der Waals surface area contributed by atoms with E-state index in [1.807, 2.05) is 19.1 Å². The molecule has 1 amide bonds. The van der Waals surface area contributed by atoms with Gasteiger partial charge in [-0.2, -0.15) is 0 Å². The van der Waals surface area contributed by atoms with Crippen LogP contribution in [0.4, 0.5) is 5.69 Å². The van der Waals surface area contributed by atoms with E-state index in [0.717, 1.165) is 18.7 Å². The van der Waals surface area contributed by atoms with Crippen LogP contribution in [0.2, 0.25) is 0 Å². The molecule has 2 rings (SSSR count). The van der Waals surface area contributed by atoms with E-state index in [4.69, 9.17) is 5.73 Å². The summed E-state index contributed by atoms with van der Waals surface area (Å²) in [5.41, 5.74) is 7.67. The van der Waals surface area contributed by atoms with Gasteiger partial charge >= 0.3 is 0 Å². The number of amides is 1.